The Balaban J connectivity index is 0.00000499. The van der Waals surface area contributed by atoms with Gasteiger partial charge in [0.2, 0.25) is 5.95 Å². The molecule has 7 nitrogen and oxygen atoms in total. The average molecular weight is 971 g/mol. The summed E-state index contributed by atoms with van der Waals surface area (Å²) in [5.41, 5.74) is 11.7. The molecule has 308 valence electrons. The molecule has 0 atom stereocenters. The number of nitrogens with zero attached hydrogens (tertiary/aromatic N) is 6. The van der Waals surface area contributed by atoms with Crippen LogP contribution in [-0.2, 0) is 37.3 Å². The minimum atomic E-state index is -0.168. The van der Waals surface area contributed by atoms with Gasteiger partial charge < -0.3 is 19.1 Å². The van der Waals surface area contributed by atoms with Crippen molar-refractivity contribution in [2.45, 2.75) is 85.5 Å². The van der Waals surface area contributed by atoms with Crippen LogP contribution in [0.15, 0.2) is 122 Å². The molecule has 1 aliphatic rings. The fourth-order valence-corrected chi connectivity index (χ4v) is 7.94. The normalized spacial score (nSPS) is 13.2. The predicted octanol–water partition coefficient (Wildman–Crippen LogP) is 13.4. The zero-order valence-electron chi connectivity index (χ0n) is 36.0. The van der Waals surface area contributed by atoms with E-state index in [9.17, 15) is 0 Å². The third-order valence-corrected chi connectivity index (χ3v) is 11.4. The van der Waals surface area contributed by atoms with Gasteiger partial charge in [0.1, 0.15) is 6.33 Å². The van der Waals surface area contributed by atoms with Gasteiger partial charge in [0.25, 0.3) is 0 Å². The number of aromatic nitrogens is 4. The van der Waals surface area contributed by atoms with Gasteiger partial charge in [-0.1, -0.05) is 122 Å². The molecule has 0 aliphatic carbocycles. The van der Waals surface area contributed by atoms with Gasteiger partial charge in [-0.15, -0.1) is 63.8 Å². The maximum absolute atomic E-state index is 6.83. The molecule has 2 aromatic heterocycles. The molecule has 8 heteroatoms. The number of anilines is 4. The number of fused-ring (bicyclic) bond motifs is 4. The first-order chi connectivity index (χ1) is 28.0. The van der Waals surface area contributed by atoms with E-state index in [-0.39, 0.29) is 37.3 Å². The molecule has 0 spiro atoms. The number of ether oxygens (including phenoxy) is 1. The van der Waals surface area contributed by atoms with Crippen molar-refractivity contribution in [2.75, 3.05) is 9.80 Å². The summed E-state index contributed by atoms with van der Waals surface area (Å²) >= 11 is 0. The molecule has 9 rings (SSSR count). The molecule has 8 aromatic rings. The van der Waals surface area contributed by atoms with E-state index < -0.39 is 0 Å². The van der Waals surface area contributed by atoms with Crippen molar-refractivity contribution in [1.82, 2.24) is 19.3 Å². The molecule has 3 heterocycles. The van der Waals surface area contributed by atoms with Crippen LogP contribution in [0.25, 0.3) is 33.4 Å². The van der Waals surface area contributed by atoms with Gasteiger partial charge in [0.15, 0.2) is 0 Å². The summed E-state index contributed by atoms with van der Waals surface area (Å²) in [6.07, 6.45) is 1.77. The molecule has 1 aliphatic heterocycles. The van der Waals surface area contributed by atoms with Gasteiger partial charge >= 0.3 is 0 Å². The van der Waals surface area contributed by atoms with E-state index in [0.29, 0.717) is 17.4 Å². The molecule has 0 unspecified atom stereocenters. The molecule has 6 aromatic carbocycles. The van der Waals surface area contributed by atoms with E-state index in [1.165, 1.54) is 11.1 Å². The Hall–Kier alpha value is -5.65. The van der Waals surface area contributed by atoms with Gasteiger partial charge in [-0.05, 0) is 81.6 Å². The second kappa shape index (κ2) is 15.1. The van der Waals surface area contributed by atoms with E-state index in [4.69, 9.17) is 4.74 Å². The fraction of sp³-hybridized carbons (Fsp3) is 0.250. The van der Waals surface area contributed by atoms with Crippen molar-refractivity contribution in [3.05, 3.63) is 163 Å². The Bertz CT molecular complexity index is 2880. The molecule has 0 N–H and O–H groups in total. The van der Waals surface area contributed by atoms with Crippen molar-refractivity contribution in [2.24, 2.45) is 0 Å². The first-order valence-electron chi connectivity index (χ1n) is 20.4. The standard InChI is InChI=1S/C52H51N6O.Pt/c1-34-16-11-13-20-44(34)55-32-53-54-49(55)58-45-21-14-12-19-42(45)43-24-23-40(31-47(43)58)59-41-28-37(52(8,9)10)27-39(30-41)57-33-56(38-18-15-17-35(26-38)50(2,3)4)46-25-22-36(29-48(46)57)51(5,6)7;/h11-29,32-33H,1-10H3;/q-3;. The van der Waals surface area contributed by atoms with Crippen LogP contribution < -0.4 is 14.5 Å². The molecule has 0 saturated carbocycles. The summed E-state index contributed by atoms with van der Waals surface area (Å²) in [5, 5.41) is 11.2. The summed E-state index contributed by atoms with van der Waals surface area (Å²) in [6, 6.07) is 48.2. The van der Waals surface area contributed by atoms with Gasteiger partial charge in [-0.2, -0.15) is 6.07 Å². The first-order valence-corrected chi connectivity index (χ1v) is 20.4. The van der Waals surface area contributed by atoms with Crippen LogP contribution in [0.5, 0.6) is 11.5 Å². The summed E-state index contributed by atoms with van der Waals surface area (Å²) in [6.45, 7) is 24.6. The maximum atomic E-state index is 6.83. The van der Waals surface area contributed by atoms with E-state index >= 15 is 0 Å². The van der Waals surface area contributed by atoms with Gasteiger partial charge in [-0.25, -0.2) is 0 Å². The van der Waals surface area contributed by atoms with Crippen LogP contribution >= 0.6 is 0 Å². The quantitative estimate of drug-likeness (QED) is 0.155. The van der Waals surface area contributed by atoms with Gasteiger partial charge in [-0.3, -0.25) is 4.57 Å². The third kappa shape index (κ3) is 7.42. The molecule has 60 heavy (non-hydrogen) atoms. The van der Waals surface area contributed by atoms with E-state index in [2.05, 4.69) is 210 Å². The second-order valence-electron chi connectivity index (χ2n) is 18.8. The Morgan fingerprint density at radius 3 is 2.05 bits per heavy atom. The molecule has 0 radical (unpaired) electrons. The molecule has 0 amide bonds. The number of hydrogen-bond acceptors (Lipinski definition) is 5. The number of hydrogen-bond donors (Lipinski definition) is 0. The van der Waals surface area contributed by atoms with Crippen molar-refractivity contribution >= 4 is 44.6 Å². The van der Waals surface area contributed by atoms with Gasteiger partial charge in [0, 0.05) is 55.1 Å². The van der Waals surface area contributed by atoms with Crippen LogP contribution in [-0.4, -0.2) is 19.3 Å². The molecule has 0 bridgehead atoms. The molecule has 0 saturated heterocycles. The van der Waals surface area contributed by atoms with Crippen LogP contribution in [0.1, 0.15) is 84.6 Å². The zero-order chi connectivity index (χ0) is 41.4. The molecular formula is C52H51N6OPt-3. The molecular weight excluding hydrogens is 920 g/mol. The summed E-state index contributed by atoms with van der Waals surface area (Å²) in [4.78, 5) is 4.56. The smallest absolute Gasteiger partial charge is 0.238 e. The second-order valence-corrected chi connectivity index (χ2v) is 18.8. The van der Waals surface area contributed by atoms with Crippen molar-refractivity contribution in [3.8, 4) is 23.1 Å². The Morgan fingerprint density at radius 1 is 0.583 bits per heavy atom. The third-order valence-electron chi connectivity index (χ3n) is 11.4. The first kappa shape index (κ1) is 41.1. The summed E-state index contributed by atoms with van der Waals surface area (Å²) < 4.78 is 11.0. The molecule has 0 fully saturated rings. The van der Waals surface area contributed by atoms with Crippen LogP contribution in [0.2, 0.25) is 0 Å². The number of para-hydroxylation sites is 2. The van der Waals surface area contributed by atoms with E-state index in [0.717, 1.165) is 61.4 Å². The van der Waals surface area contributed by atoms with Crippen molar-refractivity contribution in [3.63, 3.8) is 0 Å². The largest absolute Gasteiger partial charge is 0.509 e. The number of aryl methyl sites for hydroxylation is 1. The van der Waals surface area contributed by atoms with Crippen LogP contribution in [0.3, 0.4) is 0 Å². The predicted molar refractivity (Wildman–Crippen MR) is 242 cm³/mol. The SMILES string of the molecule is Cc1ccccc1-n1cnnc1-n1c2[c-]c(Oc3[c-]c(N4[CH-]N(c5cccc(C(C)(C)C)c5)c5ccc(C(C)(C)C)cc54)cc(C(C)(C)C)c3)ccc2c2ccccc21.[Pt]. The topological polar surface area (TPSA) is 51.4 Å². The summed E-state index contributed by atoms with van der Waals surface area (Å²) in [7, 11) is 0. The number of rotatable bonds is 6. The Labute approximate surface area is 368 Å². The number of benzene rings is 6. The van der Waals surface area contributed by atoms with Crippen molar-refractivity contribution in [1.29, 1.82) is 0 Å². The summed E-state index contributed by atoms with van der Waals surface area (Å²) in [5.74, 6) is 1.88. The fourth-order valence-electron chi connectivity index (χ4n) is 7.94. The van der Waals surface area contributed by atoms with Crippen LogP contribution in [0, 0.1) is 25.7 Å². The average Bonchev–Trinajstić information content (AvgIpc) is 3.91. The van der Waals surface area contributed by atoms with E-state index in [1.54, 1.807) is 6.33 Å². The Kier molecular flexibility index (Phi) is 10.4. The Morgan fingerprint density at radius 2 is 1.30 bits per heavy atom. The monoisotopic (exact) mass is 970 g/mol. The van der Waals surface area contributed by atoms with Crippen molar-refractivity contribution < 1.29 is 25.8 Å². The minimum Gasteiger partial charge on any atom is -0.509 e. The van der Waals surface area contributed by atoms with E-state index in [1.807, 2.05) is 22.8 Å². The maximum Gasteiger partial charge on any atom is 0.238 e. The minimum absolute atomic E-state index is 0. The van der Waals surface area contributed by atoms with Crippen LogP contribution in [0.4, 0.5) is 22.7 Å². The van der Waals surface area contributed by atoms with Gasteiger partial charge in [0.05, 0.1) is 5.69 Å². The zero-order valence-corrected chi connectivity index (χ0v) is 38.3.